The minimum atomic E-state index is -2.15. The highest BCUT2D eigenvalue weighted by molar-refractivity contribution is 6.15. The number of carbonyl (C=O) groups excluding carboxylic acids is 2. The molecule has 7 heteroatoms. The number of nitrogen functional groups attached to an aromatic ring is 1. The summed E-state index contributed by atoms with van der Waals surface area (Å²) in [6.07, 6.45) is 1.52. The number of carbonyl (C=O) groups is 2. The molecule has 1 aliphatic carbocycles. The number of nitrogens with two attached hydrogens (primary N) is 1. The second-order valence-corrected chi connectivity index (χ2v) is 8.68. The van der Waals surface area contributed by atoms with Crippen molar-refractivity contribution in [1.29, 1.82) is 0 Å². The van der Waals surface area contributed by atoms with Crippen LogP contribution in [0.25, 0.3) is 0 Å². The van der Waals surface area contributed by atoms with E-state index in [4.69, 9.17) is 10.5 Å². The number of aromatic nitrogens is 1. The number of rotatable bonds is 3. The van der Waals surface area contributed by atoms with Crippen LogP contribution in [0.4, 0.5) is 5.69 Å². The van der Waals surface area contributed by atoms with Gasteiger partial charge in [0.25, 0.3) is 11.7 Å². The predicted molar refractivity (Wildman–Crippen MR) is 118 cm³/mol. The fourth-order valence-corrected chi connectivity index (χ4v) is 4.64. The molecule has 1 amide bonds. The lowest BCUT2D eigenvalue weighted by Gasteiger charge is -2.34. The first-order chi connectivity index (χ1) is 15.2. The van der Waals surface area contributed by atoms with E-state index in [0.29, 0.717) is 11.3 Å². The molecule has 0 saturated carbocycles. The van der Waals surface area contributed by atoms with E-state index in [9.17, 15) is 14.7 Å². The molecule has 5 rings (SSSR count). The van der Waals surface area contributed by atoms with E-state index in [0.717, 1.165) is 11.1 Å². The molecule has 1 aromatic heterocycles. The molecule has 0 spiro atoms. The number of nitrogens with zero attached hydrogens (tertiary/aromatic N) is 1. The molecule has 0 fully saturated rings. The summed E-state index contributed by atoms with van der Waals surface area (Å²) < 4.78 is 6.07. The average Bonchev–Trinajstić information content (AvgIpc) is 3.11. The van der Waals surface area contributed by atoms with Gasteiger partial charge in [0.15, 0.2) is 0 Å². The van der Waals surface area contributed by atoms with Crippen molar-refractivity contribution in [2.45, 2.75) is 38.0 Å². The highest BCUT2D eigenvalue weighted by Gasteiger charge is 2.72. The first-order valence-corrected chi connectivity index (χ1v) is 10.4. The number of anilines is 1. The molecular weight excluding hydrogens is 406 g/mol. The quantitative estimate of drug-likeness (QED) is 0.551. The van der Waals surface area contributed by atoms with E-state index in [-0.39, 0.29) is 28.4 Å². The van der Waals surface area contributed by atoms with Crippen molar-refractivity contribution in [2.75, 3.05) is 5.73 Å². The van der Waals surface area contributed by atoms with Gasteiger partial charge < -0.3 is 20.9 Å². The van der Waals surface area contributed by atoms with Crippen LogP contribution >= 0.6 is 0 Å². The standard InChI is InChI=1S/C25H23N3O4/c1-13(2)15-7-8-16-20(12-15)32-25(31)17-5-4-6-18(26)21(17)22(29)24(16,25)28-23(30)19-11-14(3)9-10-27-19/h4-13,31H,26H2,1-3H3,(H,28,30). The van der Waals surface area contributed by atoms with Crippen LogP contribution in [-0.4, -0.2) is 21.8 Å². The predicted octanol–water partition coefficient (Wildman–Crippen LogP) is 3.15. The Balaban J connectivity index is 1.73. The number of aliphatic hydroxyl groups is 1. The van der Waals surface area contributed by atoms with Crippen LogP contribution in [0.5, 0.6) is 5.75 Å². The summed E-state index contributed by atoms with van der Waals surface area (Å²) in [6, 6.07) is 13.6. The number of hydrogen-bond acceptors (Lipinski definition) is 6. The summed E-state index contributed by atoms with van der Waals surface area (Å²) in [7, 11) is 0. The lowest BCUT2D eigenvalue weighted by Crippen LogP contribution is -2.60. The van der Waals surface area contributed by atoms with Crippen LogP contribution in [0.3, 0.4) is 0 Å². The lowest BCUT2D eigenvalue weighted by molar-refractivity contribution is -0.169. The lowest BCUT2D eigenvalue weighted by atomic mass is 9.82. The summed E-state index contributed by atoms with van der Waals surface area (Å²) in [5.74, 6) is -2.72. The number of pyridine rings is 1. The van der Waals surface area contributed by atoms with E-state index < -0.39 is 23.0 Å². The van der Waals surface area contributed by atoms with Crippen molar-refractivity contribution in [3.63, 3.8) is 0 Å². The zero-order valence-corrected chi connectivity index (χ0v) is 18.0. The maximum absolute atomic E-state index is 13.9. The third kappa shape index (κ3) is 2.48. The first kappa shape index (κ1) is 20.2. The van der Waals surface area contributed by atoms with Crippen LogP contribution in [0.2, 0.25) is 0 Å². The van der Waals surface area contributed by atoms with Crippen molar-refractivity contribution in [1.82, 2.24) is 10.3 Å². The molecule has 2 unspecified atom stereocenters. The molecule has 0 bridgehead atoms. The summed E-state index contributed by atoms with van der Waals surface area (Å²) in [4.78, 5) is 31.3. The van der Waals surface area contributed by atoms with E-state index in [1.807, 2.05) is 26.8 Å². The van der Waals surface area contributed by atoms with E-state index in [2.05, 4.69) is 10.3 Å². The van der Waals surface area contributed by atoms with Gasteiger partial charge in [0.05, 0.1) is 5.56 Å². The van der Waals surface area contributed by atoms with Gasteiger partial charge in [-0.25, -0.2) is 0 Å². The number of benzene rings is 2. The first-order valence-electron chi connectivity index (χ1n) is 10.4. The Morgan fingerprint density at radius 1 is 1.16 bits per heavy atom. The minimum Gasteiger partial charge on any atom is -0.454 e. The third-order valence-corrected chi connectivity index (χ3v) is 6.32. The zero-order chi connectivity index (χ0) is 22.8. The Morgan fingerprint density at radius 3 is 2.66 bits per heavy atom. The van der Waals surface area contributed by atoms with Crippen molar-refractivity contribution in [3.05, 3.63) is 88.2 Å². The van der Waals surface area contributed by atoms with E-state index in [1.54, 1.807) is 42.5 Å². The fraction of sp³-hybridized carbons (Fsp3) is 0.240. The third-order valence-electron chi connectivity index (χ3n) is 6.32. The molecule has 3 aromatic rings. The second-order valence-electron chi connectivity index (χ2n) is 8.68. The molecular formula is C25H23N3O4. The van der Waals surface area contributed by atoms with Crippen molar-refractivity contribution >= 4 is 17.4 Å². The molecule has 7 nitrogen and oxygen atoms in total. The molecule has 2 aliphatic rings. The maximum atomic E-state index is 13.9. The fourth-order valence-electron chi connectivity index (χ4n) is 4.64. The number of nitrogens with one attached hydrogen (secondary N) is 1. The van der Waals surface area contributed by atoms with Gasteiger partial charge in [0.2, 0.25) is 11.3 Å². The Bertz CT molecular complexity index is 1300. The number of amides is 1. The van der Waals surface area contributed by atoms with E-state index in [1.165, 1.54) is 6.20 Å². The smallest absolute Gasteiger partial charge is 0.271 e. The number of hydrogen-bond donors (Lipinski definition) is 3. The Hall–Kier alpha value is -3.71. The maximum Gasteiger partial charge on any atom is 0.271 e. The molecule has 2 atom stereocenters. The Kier molecular flexibility index (Phi) is 4.19. The van der Waals surface area contributed by atoms with Crippen LogP contribution in [0.1, 0.15) is 62.9 Å². The van der Waals surface area contributed by atoms with Gasteiger partial charge in [-0.2, -0.15) is 0 Å². The highest BCUT2D eigenvalue weighted by atomic mass is 16.6. The van der Waals surface area contributed by atoms with Gasteiger partial charge in [-0.1, -0.05) is 38.1 Å². The second kappa shape index (κ2) is 6.64. The van der Waals surface area contributed by atoms with Crippen LogP contribution < -0.4 is 15.8 Å². The van der Waals surface area contributed by atoms with Crippen LogP contribution in [0.15, 0.2) is 54.7 Å². The van der Waals surface area contributed by atoms with Gasteiger partial charge in [-0.15, -0.1) is 0 Å². The average molecular weight is 429 g/mol. The topological polar surface area (TPSA) is 115 Å². The number of aryl methyl sites for hydroxylation is 1. The van der Waals surface area contributed by atoms with Gasteiger partial charge in [0.1, 0.15) is 11.4 Å². The number of ether oxygens (including phenoxy) is 1. The SMILES string of the molecule is Cc1ccnc(C(=O)NC23C(=O)c4c(N)cccc4C2(O)Oc2cc(C(C)C)ccc23)c1. The van der Waals surface area contributed by atoms with Crippen molar-refractivity contribution in [2.24, 2.45) is 0 Å². The molecule has 4 N–H and O–H groups in total. The summed E-state index contributed by atoms with van der Waals surface area (Å²) in [5, 5.41) is 14.7. The summed E-state index contributed by atoms with van der Waals surface area (Å²) in [6.45, 7) is 5.91. The zero-order valence-electron chi connectivity index (χ0n) is 18.0. The summed E-state index contributed by atoms with van der Waals surface area (Å²) in [5.41, 5.74) is 7.14. The van der Waals surface area contributed by atoms with Gasteiger partial charge >= 0.3 is 0 Å². The van der Waals surface area contributed by atoms with Gasteiger partial charge in [0, 0.05) is 23.0 Å². The molecule has 162 valence electrons. The largest absolute Gasteiger partial charge is 0.454 e. The van der Waals surface area contributed by atoms with E-state index >= 15 is 0 Å². The number of ketones is 1. The van der Waals surface area contributed by atoms with Gasteiger partial charge in [-0.3, -0.25) is 14.6 Å². The van der Waals surface area contributed by atoms with Gasteiger partial charge in [-0.05, 0) is 48.2 Å². The molecule has 2 heterocycles. The number of fused-ring (bicyclic) bond motifs is 5. The van der Waals surface area contributed by atoms with Crippen LogP contribution in [-0.2, 0) is 11.3 Å². The van der Waals surface area contributed by atoms with Crippen molar-refractivity contribution < 1.29 is 19.4 Å². The molecule has 1 aliphatic heterocycles. The molecule has 0 saturated heterocycles. The molecule has 2 aromatic carbocycles. The monoisotopic (exact) mass is 429 g/mol. The van der Waals surface area contributed by atoms with Crippen molar-refractivity contribution in [3.8, 4) is 5.75 Å². The Morgan fingerprint density at radius 2 is 1.94 bits per heavy atom. The minimum absolute atomic E-state index is 0.130. The molecule has 32 heavy (non-hydrogen) atoms. The molecule has 0 radical (unpaired) electrons. The Labute approximate surface area is 185 Å². The normalized spacial score (nSPS) is 22.8. The van der Waals surface area contributed by atoms with Crippen LogP contribution in [0, 0.1) is 6.92 Å². The number of Topliss-reactive ketones (excluding diaryl/α,β-unsaturated/α-hetero) is 1. The highest BCUT2D eigenvalue weighted by Crippen LogP contribution is 2.59. The summed E-state index contributed by atoms with van der Waals surface area (Å²) >= 11 is 0.